The zero-order chi connectivity index (χ0) is 20.6. The van der Waals surface area contributed by atoms with Crippen molar-refractivity contribution in [2.24, 2.45) is 0 Å². The highest BCUT2D eigenvalue weighted by Crippen LogP contribution is 2.29. The second-order valence-electron chi connectivity index (χ2n) is 6.61. The van der Waals surface area contributed by atoms with E-state index < -0.39 is 10.0 Å². The van der Waals surface area contributed by atoms with Gasteiger partial charge < -0.3 is 10.1 Å². The molecule has 0 heterocycles. The quantitative estimate of drug-likeness (QED) is 0.618. The summed E-state index contributed by atoms with van der Waals surface area (Å²) in [5.74, 6) is 0.0867. The lowest BCUT2D eigenvalue weighted by Gasteiger charge is -2.24. The van der Waals surface area contributed by atoms with Crippen LogP contribution in [0.4, 0.5) is 5.69 Å². The molecule has 0 bridgehead atoms. The molecule has 0 aliphatic carbocycles. The van der Waals surface area contributed by atoms with Crippen LogP contribution in [-0.4, -0.2) is 40.3 Å². The van der Waals surface area contributed by atoms with Gasteiger partial charge in [-0.05, 0) is 44.4 Å². The fourth-order valence-corrected chi connectivity index (χ4v) is 3.76. The van der Waals surface area contributed by atoms with Gasteiger partial charge in [0.05, 0.1) is 18.6 Å². The number of carbonyl (C=O) groups excluding carboxylic acids is 1. The van der Waals surface area contributed by atoms with Crippen LogP contribution in [0.3, 0.4) is 0 Å². The first-order chi connectivity index (χ1) is 13.3. The lowest BCUT2D eigenvalue weighted by atomic mass is 10.1. The third kappa shape index (κ3) is 6.56. The molecule has 6 nitrogen and oxygen atoms in total. The van der Waals surface area contributed by atoms with E-state index in [4.69, 9.17) is 4.74 Å². The van der Waals surface area contributed by atoms with Crippen molar-refractivity contribution in [1.29, 1.82) is 0 Å². The van der Waals surface area contributed by atoms with E-state index in [2.05, 4.69) is 17.4 Å². The summed E-state index contributed by atoms with van der Waals surface area (Å²) in [6.45, 7) is 4.47. The normalized spacial score (nSPS) is 11.1. The number of hydrogen-bond donors (Lipinski definition) is 1. The van der Waals surface area contributed by atoms with E-state index in [1.165, 1.54) is 11.1 Å². The SMILES string of the molecule is CCOc1ccccc1N(CC(=O)NCCCc1cccc(C)c1)S(C)(=O)=O. The molecule has 28 heavy (non-hydrogen) atoms. The lowest BCUT2D eigenvalue weighted by molar-refractivity contribution is -0.119. The molecule has 0 unspecified atom stereocenters. The molecular formula is C21H28N2O4S. The average molecular weight is 405 g/mol. The summed E-state index contributed by atoms with van der Waals surface area (Å²) in [5.41, 5.74) is 2.79. The summed E-state index contributed by atoms with van der Waals surface area (Å²) in [4.78, 5) is 12.4. The molecule has 152 valence electrons. The van der Waals surface area contributed by atoms with E-state index in [1.54, 1.807) is 24.3 Å². The molecule has 0 aliphatic heterocycles. The minimum absolute atomic E-state index is 0.284. The Labute approximate surface area is 167 Å². The van der Waals surface area contributed by atoms with Gasteiger partial charge in [-0.1, -0.05) is 42.0 Å². The third-order valence-corrected chi connectivity index (χ3v) is 5.29. The molecule has 0 atom stereocenters. The van der Waals surface area contributed by atoms with E-state index in [9.17, 15) is 13.2 Å². The molecule has 0 fully saturated rings. The number of sulfonamides is 1. The summed E-state index contributed by atoms with van der Waals surface area (Å²) < 4.78 is 31.1. The molecule has 7 heteroatoms. The highest BCUT2D eigenvalue weighted by molar-refractivity contribution is 7.92. The van der Waals surface area contributed by atoms with Crippen molar-refractivity contribution in [3.63, 3.8) is 0 Å². The molecule has 2 aromatic rings. The Kier molecular flexibility index (Phi) is 7.87. The van der Waals surface area contributed by atoms with Gasteiger partial charge in [-0.2, -0.15) is 0 Å². The first-order valence-electron chi connectivity index (χ1n) is 9.33. The molecule has 2 aromatic carbocycles. The predicted octanol–water partition coefficient (Wildman–Crippen LogP) is 2.91. The molecule has 1 amide bonds. The molecule has 0 aromatic heterocycles. The Hall–Kier alpha value is -2.54. The monoisotopic (exact) mass is 404 g/mol. The van der Waals surface area contributed by atoms with Crippen molar-refractivity contribution in [1.82, 2.24) is 5.32 Å². The van der Waals surface area contributed by atoms with Crippen molar-refractivity contribution in [3.8, 4) is 5.75 Å². The standard InChI is InChI=1S/C21H28N2O4S/c1-4-27-20-13-6-5-12-19(20)23(28(3,25)26)16-21(24)22-14-8-11-18-10-7-9-17(2)15-18/h5-7,9-10,12-13,15H,4,8,11,14,16H2,1-3H3,(H,22,24). The number of aryl methyl sites for hydroxylation is 2. The van der Waals surface area contributed by atoms with Crippen LogP contribution in [0.1, 0.15) is 24.5 Å². The third-order valence-electron chi connectivity index (χ3n) is 4.17. The summed E-state index contributed by atoms with van der Waals surface area (Å²) in [6.07, 6.45) is 2.72. The Morgan fingerprint density at radius 1 is 1.14 bits per heavy atom. The van der Waals surface area contributed by atoms with Crippen LogP contribution in [0, 0.1) is 6.92 Å². The topological polar surface area (TPSA) is 75.7 Å². The Balaban J connectivity index is 1.96. The van der Waals surface area contributed by atoms with Gasteiger partial charge in [0.1, 0.15) is 12.3 Å². The van der Waals surface area contributed by atoms with Gasteiger partial charge in [0.2, 0.25) is 15.9 Å². The molecule has 0 aliphatic rings. The van der Waals surface area contributed by atoms with Crippen molar-refractivity contribution in [2.45, 2.75) is 26.7 Å². The highest BCUT2D eigenvalue weighted by Gasteiger charge is 2.23. The van der Waals surface area contributed by atoms with Gasteiger partial charge >= 0.3 is 0 Å². The van der Waals surface area contributed by atoms with Gasteiger partial charge in [0.15, 0.2) is 0 Å². The van der Waals surface area contributed by atoms with Gasteiger partial charge in [0, 0.05) is 6.54 Å². The van der Waals surface area contributed by atoms with E-state index in [1.807, 2.05) is 26.0 Å². The second-order valence-corrected chi connectivity index (χ2v) is 8.52. The van der Waals surface area contributed by atoms with Gasteiger partial charge in [-0.3, -0.25) is 9.10 Å². The predicted molar refractivity (Wildman–Crippen MR) is 112 cm³/mol. The van der Waals surface area contributed by atoms with Crippen LogP contribution < -0.4 is 14.4 Å². The number of anilines is 1. The number of nitrogens with zero attached hydrogens (tertiary/aromatic N) is 1. The van der Waals surface area contributed by atoms with Gasteiger partial charge in [0.25, 0.3) is 0 Å². The minimum atomic E-state index is -3.64. The maximum Gasteiger partial charge on any atom is 0.240 e. The van der Waals surface area contributed by atoms with Crippen molar-refractivity contribution in [3.05, 3.63) is 59.7 Å². The van der Waals surface area contributed by atoms with Crippen molar-refractivity contribution in [2.75, 3.05) is 30.3 Å². The average Bonchev–Trinajstić information content (AvgIpc) is 2.63. The van der Waals surface area contributed by atoms with Gasteiger partial charge in [-0.15, -0.1) is 0 Å². The minimum Gasteiger partial charge on any atom is -0.492 e. The van der Waals surface area contributed by atoms with Gasteiger partial charge in [-0.25, -0.2) is 8.42 Å². The van der Waals surface area contributed by atoms with Crippen LogP contribution in [-0.2, 0) is 21.2 Å². The van der Waals surface area contributed by atoms with Crippen LogP contribution in [0.5, 0.6) is 5.75 Å². The number of hydrogen-bond acceptors (Lipinski definition) is 4. The summed E-state index contributed by atoms with van der Waals surface area (Å²) in [5, 5.41) is 2.81. The number of nitrogens with one attached hydrogen (secondary N) is 1. The number of rotatable bonds is 10. The van der Waals surface area contributed by atoms with E-state index in [0.717, 1.165) is 23.4 Å². The summed E-state index contributed by atoms with van der Waals surface area (Å²) in [6, 6.07) is 15.1. The summed E-state index contributed by atoms with van der Waals surface area (Å²) >= 11 is 0. The highest BCUT2D eigenvalue weighted by atomic mass is 32.2. The zero-order valence-electron chi connectivity index (χ0n) is 16.6. The number of para-hydroxylation sites is 2. The van der Waals surface area contributed by atoms with Crippen LogP contribution in [0.25, 0.3) is 0 Å². The number of ether oxygens (including phenoxy) is 1. The largest absolute Gasteiger partial charge is 0.492 e. The summed E-state index contributed by atoms with van der Waals surface area (Å²) in [7, 11) is -3.64. The van der Waals surface area contributed by atoms with Crippen molar-refractivity contribution < 1.29 is 17.9 Å². The van der Waals surface area contributed by atoms with E-state index >= 15 is 0 Å². The first-order valence-corrected chi connectivity index (χ1v) is 11.2. The Bertz CT molecular complexity index is 897. The van der Waals surface area contributed by atoms with Crippen LogP contribution in [0.15, 0.2) is 48.5 Å². The first kappa shape index (κ1) is 21.8. The molecule has 0 saturated carbocycles. The second kappa shape index (κ2) is 10.1. The number of carbonyl (C=O) groups is 1. The molecule has 0 saturated heterocycles. The Morgan fingerprint density at radius 3 is 2.57 bits per heavy atom. The smallest absolute Gasteiger partial charge is 0.240 e. The number of amides is 1. The molecule has 0 spiro atoms. The van der Waals surface area contributed by atoms with Crippen molar-refractivity contribution >= 4 is 21.6 Å². The fourth-order valence-electron chi connectivity index (χ4n) is 2.90. The molecule has 2 rings (SSSR count). The zero-order valence-corrected chi connectivity index (χ0v) is 17.5. The maximum atomic E-state index is 12.4. The lowest BCUT2D eigenvalue weighted by Crippen LogP contribution is -2.40. The van der Waals surface area contributed by atoms with Crippen LogP contribution >= 0.6 is 0 Å². The molecule has 0 radical (unpaired) electrons. The maximum absolute atomic E-state index is 12.4. The number of benzene rings is 2. The fraction of sp³-hybridized carbons (Fsp3) is 0.381. The van der Waals surface area contributed by atoms with E-state index in [-0.39, 0.29) is 12.5 Å². The molecular weight excluding hydrogens is 376 g/mol. The molecule has 1 N–H and O–H groups in total. The van der Waals surface area contributed by atoms with Crippen LogP contribution in [0.2, 0.25) is 0 Å². The van der Waals surface area contributed by atoms with E-state index in [0.29, 0.717) is 24.6 Å². The Morgan fingerprint density at radius 2 is 1.89 bits per heavy atom.